The molecule has 0 radical (unpaired) electrons. The summed E-state index contributed by atoms with van der Waals surface area (Å²) in [6.07, 6.45) is 0.615. The number of anilines is 1. The molecule has 0 bridgehead atoms. The number of amides is 1. The van der Waals surface area contributed by atoms with E-state index in [1.165, 1.54) is 6.07 Å². The Morgan fingerprint density at radius 3 is 2.65 bits per heavy atom. The molecule has 10 nitrogen and oxygen atoms in total. The molecule has 1 aliphatic heterocycles. The fourth-order valence-electron chi connectivity index (χ4n) is 3.90. The van der Waals surface area contributed by atoms with E-state index < -0.39 is 0 Å². The summed E-state index contributed by atoms with van der Waals surface area (Å²) in [5, 5.41) is 16.1. The highest BCUT2D eigenvalue weighted by molar-refractivity contribution is 5.76. The van der Waals surface area contributed by atoms with Crippen molar-refractivity contribution in [3.63, 3.8) is 0 Å². The van der Waals surface area contributed by atoms with E-state index in [-0.39, 0.29) is 18.1 Å². The number of hydrogen-bond donors (Lipinski definition) is 0. The number of aromatic nitrogens is 6. The molecule has 34 heavy (non-hydrogen) atoms. The first-order valence-corrected chi connectivity index (χ1v) is 11.0. The lowest BCUT2D eigenvalue weighted by molar-refractivity contribution is -0.131. The summed E-state index contributed by atoms with van der Waals surface area (Å²) in [6.45, 7) is 4.09. The van der Waals surface area contributed by atoms with Crippen molar-refractivity contribution >= 4 is 11.9 Å². The highest BCUT2D eigenvalue weighted by Crippen LogP contribution is 2.20. The van der Waals surface area contributed by atoms with Crippen LogP contribution in [0.25, 0.3) is 17.1 Å². The summed E-state index contributed by atoms with van der Waals surface area (Å²) in [7, 11) is 0. The van der Waals surface area contributed by atoms with E-state index in [0.29, 0.717) is 61.4 Å². The maximum absolute atomic E-state index is 13.5. The number of benzene rings is 2. The molecule has 0 unspecified atom stereocenters. The van der Waals surface area contributed by atoms with Gasteiger partial charge in [0.25, 0.3) is 0 Å². The normalized spacial score (nSPS) is 13.9. The van der Waals surface area contributed by atoms with Crippen molar-refractivity contribution < 1.29 is 13.7 Å². The molecule has 0 atom stereocenters. The molecular formula is C23H23FN8O2. The minimum absolute atomic E-state index is 0.0275. The maximum Gasteiger partial charge on any atom is 0.250 e. The molecule has 0 saturated carbocycles. The van der Waals surface area contributed by atoms with Gasteiger partial charge in [-0.25, -0.2) is 4.39 Å². The number of halogens is 1. The molecule has 4 aromatic rings. The average molecular weight is 462 g/mol. The van der Waals surface area contributed by atoms with E-state index in [1.54, 1.807) is 23.7 Å². The minimum atomic E-state index is -0.283. The van der Waals surface area contributed by atoms with Crippen molar-refractivity contribution in [2.75, 3.05) is 31.1 Å². The predicted octanol–water partition coefficient (Wildman–Crippen LogP) is 2.44. The zero-order valence-electron chi connectivity index (χ0n) is 18.6. The molecular weight excluding hydrogens is 439 g/mol. The summed E-state index contributed by atoms with van der Waals surface area (Å²) in [5.74, 6) is 1.17. The van der Waals surface area contributed by atoms with Crippen LogP contribution in [-0.2, 0) is 11.2 Å². The third-order valence-corrected chi connectivity index (χ3v) is 5.81. The molecule has 5 rings (SSSR count). The van der Waals surface area contributed by atoms with Crippen LogP contribution in [0.5, 0.6) is 0 Å². The van der Waals surface area contributed by atoms with Crippen LogP contribution in [0.3, 0.4) is 0 Å². The van der Waals surface area contributed by atoms with Crippen LogP contribution < -0.4 is 4.90 Å². The van der Waals surface area contributed by atoms with E-state index in [1.807, 2.05) is 35.2 Å². The topological polar surface area (TPSA) is 106 Å². The van der Waals surface area contributed by atoms with Crippen LogP contribution >= 0.6 is 0 Å². The van der Waals surface area contributed by atoms with E-state index >= 15 is 0 Å². The van der Waals surface area contributed by atoms with Crippen LogP contribution in [0.2, 0.25) is 0 Å². The Labute approximate surface area is 195 Å². The molecule has 0 spiro atoms. The molecule has 1 amide bonds. The zero-order chi connectivity index (χ0) is 23.5. The van der Waals surface area contributed by atoms with E-state index in [9.17, 15) is 9.18 Å². The first-order valence-electron chi connectivity index (χ1n) is 11.0. The molecule has 2 aromatic heterocycles. The van der Waals surface area contributed by atoms with Gasteiger partial charge in [-0.05, 0) is 53.2 Å². The fourth-order valence-corrected chi connectivity index (χ4v) is 3.90. The van der Waals surface area contributed by atoms with Crippen LogP contribution in [0.15, 0.2) is 53.1 Å². The van der Waals surface area contributed by atoms with Crippen molar-refractivity contribution in [3.05, 3.63) is 65.8 Å². The van der Waals surface area contributed by atoms with Gasteiger partial charge in [0.15, 0.2) is 0 Å². The summed E-state index contributed by atoms with van der Waals surface area (Å²) in [5.41, 5.74) is 2.07. The Kier molecular flexibility index (Phi) is 5.98. The molecule has 0 aliphatic carbocycles. The smallest absolute Gasteiger partial charge is 0.250 e. The Bertz CT molecular complexity index is 1280. The number of para-hydroxylation sites is 1. The Balaban J connectivity index is 1.15. The number of aryl methyl sites for hydroxylation is 2. The first kappa shape index (κ1) is 21.7. The monoisotopic (exact) mass is 462 g/mol. The van der Waals surface area contributed by atoms with Crippen molar-refractivity contribution in [3.8, 4) is 17.1 Å². The van der Waals surface area contributed by atoms with E-state index in [2.05, 4.69) is 30.6 Å². The number of piperazine rings is 1. The third kappa shape index (κ3) is 4.49. The number of rotatable bonds is 6. The molecule has 1 aliphatic rings. The van der Waals surface area contributed by atoms with Crippen molar-refractivity contribution in [1.29, 1.82) is 0 Å². The van der Waals surface area contributed by atoms with E-state index in [0.717, 1.165) is 5.69 Å². The van der Waals surface area contributed by atoms with Crippen molar-refractivity contribution in [2.24, 2.45) is 0 Å². The molecule has 0 N–H and O–H groups in total. The summed E-state index contributed by atoms with van der Waals surface area (Å²) in [6, 6.07) is 14.4. The first-order chi connectivity index (χ1) is 16.6. The molecule has 11 heteroatoms. The predicted molar refractivity (Wildman–Crippen MR) is 121 cm³/mol. The van der Waals surface area contributed by atoms with Crippen LogP contribution in [-0.4, -0.2) is 67.3 Å². The van der Waals surface area contributed by atoms with Gasteiger partial charge in [0.1, 0.15) is 5.82 Å². The molecule has 1 saturated heterocycles. The SMILES string of the molecule is Cc1cc(-c2noc(CCC(=O)N3CCN(c4nnnn4-c4ccccc4)CC3)n2)ccc1F. The zero-order valence-corrected chi connectivity index (χ0v) is 18.6. The van der Waals surface area contributed by atoms with Crippen molar-refractivity contribution in [1.82, 2.24) is 35.2 Å². The Hall–Kier alpha value is -4.15. The standard InChI is InChI=1S/C23H23FN8O2/c1-16-15-17(7-8-19(16)24)22-25-20(34-27-22)9-10-21(33)30-11-13-31(14-12-30)23-26-28-29-32(23)18-5-3-2-4-6-18/h2-8,15H,9-14H2,1H3. The number of hydrogen-bond acceptors (Lipinski definition) is 8. The molecule has 174 valence electrons. The number of carbonyl (C=O) groups is 1. The maximum atomic E-state index is 13.5. The number of nitrogens with zero attached hydrogens (tertiary/aromatic N) is 8. The van der Waals surface area contributed by atoms with Gasteiger partial charge in [0.2, 0.25) is 23.6 Å². The fraction of sp³-hybridized carbons (Fsp3) is 0.304. The summed E-state index contributed by atoms with van der Waals surface area (Å²) >= 11 is 0. The quantitative estimate of drug-likeness (QED) is 0.430. The lowest BCUT2D eigenvalue weighted by Crippen LogP contribution is -2.49. The van der Waals surface area contributed by atoms with E-state index in [4.69, 9.17) is 4.52 Å². The van der Waals surface area contributed by atoms with Gasteiger partial charge < -0.3 is 14.3 Å². The largest absolute Gasteiger partial charge is 0.339 e. The lowest BCUT2D eigenvalue weighted by Gasteiger charge is -2.34. The molecule has 3 heterocycles. The number of tetrazole rings is 1. The lowest BCUT2D eigenvalue weighted by atomic mass is 10.1. The van der Waals surface area contributed by atoms with Gasteiger partial charge in [-0.2, -0.15) is 9.67 Å². The van der Waals surface area contributed by atoms with Gasteiger partial charge >= 0.3 is 0 Å². The Morgan fingerprint density at radius 1 is 1.09 bits per heavy atom. The minimum Gasteiger partial charge on any atom is -0.339 e. The molecule has 2 aromatic carbocycles. The summed E-state index contributed by atoms with van der Waals surface area (Å²) < 4.78 is 20.5. The van der Waals surface area contributed by atoms with Gasteiger partial charge in [0, 0.05) is 44.6 Å². The van der Waals surface area contributed by atoms with Gasteiger partial charge in [-0.1, -0.05) is 28.5 Å². The van der Waals surface area contributed by atoms with Crippen molar-refractivity contribution in [2.45, 2.75) is 19.8 Å². The third-order valence-electron chi connectivity index (χ3n) is 5.81. The molecule has 1 fully saturated rings. The van der Waals surface area contributed by atoms with Gasteiger partial charge in [-0.3, -0.25) is 4.79 Å². The Morgan fingerprint density at radius 2 is 1.88 bits per heavy atom. The van der Waals surface area contributed by atoms with Crippen LogP contribution in [0.1, 0.15) is 17.9 Å². The second-order valence-corrected chi connectivity index (χ2v) is 8.07. The number of carbonyl (C=O) groups excluding carboxylic acids is 1. The van der Waals surface area contributed by atoms with Crippen LogP contribution in [0.4, 0.5) is 10.3 Å². The highest BCUT2D eigenvalue weighted by atomic mass is 19.1. The van der Waals surface area contributed by atoms with Gasteiger partial charge in [-0.15, -0.1) is 0 Å². The second-order valence-electron chi connectivity index (χ2n) is 8.07. The highest BCUT2D eigenvalue weighted by Gasteiger charge is 2.25. The average Bonchev–Trinajstić information content (AvgIpc) is 3.55. The van der Waals surface area contributed by atoms with Gasteiger partial charge in [0.05, 0.1) is 5.69 Å². The summed E-state index contributed by atoms with van der Waals surface area (Å²) in [4.78, 5) is 21.0. The van der Waals surface area contributed by atoms with Crippen LogP contribution in [0, 0.1) is 12.7 Å². The second kappa shape index (κ2) is 9.38.